The van der Waals surface area contributed by atoms with Crippen molar-refractivity contribution in [1.29, 1.82) is 0 Å². The molecule has 2 N–H and O–H groups in total. The van der Waals surface area contributed by atoms with Gasteiger partial charge >= 0.3 is 0 Å². The Morgan fingerprint density at radius 1 is 1.16 bits per heavy atom. The average molecular weight is 537 g/mol. The summed E-state index contributed by atoms with van der Waals surface area (Å²) in [5.41, 5.74) is 1.90. The Bertz CT molecular complexity index is 1220. The first-order valence-electron chi connectivity index (χ1n) is 12.5. The van der Waals surface area contributed by atoms with E-state index in [0.29, 0.717) is 36.0 Å². The zero-order valence-corrected chi connectivity index (χ0v) is 21.7. The summed E-state index contributed by atoms with van der Waals surface area (Å²) < 4.78 is 60.3. The van der Waals surface area contributed by atoms with Crippen molar-refractivity contribution in [2.45, 2.75) is 56.2 Å². The number of aromatic nitrogens is 1. The van der Waals surface area contributed by atoms with Crippen LogP contribution in [0.15, 0.2) is 41.4 Å². The number of hydrogen-bond acceptors (Lipinski definition) is 5. The Morgan fingerprint density at radius 2 is 1.95 bits per heavy atom. The Morgan fingerprint density at radius 3 is 2.68 bits per heavy atom. The SMILES string of the molecule is COc1ccc2ncc(CF)c(CCCC3(C(O)CCSc4cc(F)cc(F)c4F)CCNCC3)c2c1. The van der Waals surface area contributed by atoms with Gasteiger partial charge in [0.2, 0.25) is 0 Å². The molecule has 0 radical (unpaired) electrons. The Kier molecular flexibility index (Phi) is 9.31. The molecular weight excluding hydrogens is 504 g/mol. The Labute approximate surface area is 218 Å². The van der Waals surface area contributed by atoms with E-state index in [-0.39, 0.29) is 10.3 Å². The van der Waals surface area contributed by atoms with Crippen LogP contribution in [-0.4, -0.2) is 42.1 Å². The number of aliphatic hydroxyl groups is 1. The second kappa shape index (κ2) is 12.5. The molecule has 1 aromatic heterocycles. The predicted molar refractivity (Wildman–Crippen MR) is 138 cm³/mol. The number of rotatable bonds is 11. The lowest BCUT2D eigenvalue weighted by Crippen LogP contribution is -2.44. The summed E-state index contributed by atoms with van der Waals surface area (Å²) in [4.78, 5) is 4.29. The molecule has 1 aliphatic heterocycles. The summed E-state index contributed by atoms with van der Waals surface area (Å²) >= 11 is 1.01. The maximum atomic E-state index is 14.0. The molecule has 0 amide bonds. The van der Waals surface area contributed by atoms with E-state index in [1.807, 2.05) is 18.2 Å². The summed E-state index contributed by atoms with van der Waals surface area (Å²) in [6.07, 6.45) is 4.98. The van der Waals surface area contributed by atoms with Gasteiger partial charge in [0.1, 0.15) is 18.2 Å². The van der Waals surface area contributed by atoms with Gasteiger partial charge in [-0.25, -0.2) is 17.6 Å². The Hall–Kier alpha value is -2.36. The van der Waals surface area contributed by atoms with Crippen molar-refractivity contribution in [1.82, 2.24) is 10.3 Å². The summed E-state index contributed by atoms with van der Waals surface area (Å²) in [6, 6.07) is 7.08. The quantitative estimate of drug-likeness (QED) is 0.170. The van der Waals surface area contributed by atoms with Gasteiger partial charge in [0.25, 0.3) is 0 Å². The molecule has 0 bridgehead atoms. The molecule has 1 atom stereocenters. The van der Waals surface area contributed by atoms with Gasteiger partial charge in [0, 0.05) is 33.9 Å². The molecule has 4 rings (SSSR count). The number of pyridine rings is 1. The first-order chi connectivity index (χ1) is 17.9. The van der Waals surface area contributed by atoms with Crippen LogP contribution in [0.5, 0.6) is 5.75 Å². The first-order valence-corrected chi connectivity index (χ1v) is 13.5. The number of nitrogens with zero attached hydrogens (tertiary/aromatic N) is 1. The van der Waals surface area contributed by atoms with E-state index < -0.39 is 30.2 Å². The lowest BCUT2D eigenvalue weighted by atomic mass is 9.69. The zero-order valence-electron chi connectivity index (χ0n) is 20.8. The molecule has 2 heterocycles. The molecule has 1 aliphatic rings. The normalized spacial score (nSPS) is 16.2. The number of halogens is 4. The first kappa shape index (κ1) is 27.7. The van der Waals surface area contributed by atoms with Gasteiger partial charge in [-0.05, 0) is 86.9 Å². The predicted octanol–water partition coefficient (Wildman–Crippen LogP) is 6.37. The van der Waals surface area contributed by atoms with Gasteiger partial charge in [0.15, 0.2) is 11.6 Å². The average Bonchev–Trinajstić information content (AvgIpc) is 2.91. The molecule has 200 valence electrons. The lowest BCUT2D eigenvalue weighted by Gasteiger charge is -2.42. The van der Waals surface area contributed by atoms with Crippen LogP contribution in [0.25, 0.3) is 10.9 Å². The number of fused-ring (bicyclic) bond motifs is 1. The summed E-state index contributed by atoms with van der Waals surface area (Å²) in [7, 11) is 1.59. The van der Waals surface area contributed by atoms with Crippen molar-refractivity contribution in [2.75, 3.05) is 26.0 Å². The summed E-state index contributed by atoms with van der Waals surface area (Å²) in [5, 5.41) is 15.5. The smallest absolute Gasteiger partial charge is 0.172 e. The van der Waals surface area contributed by atoms with E-state index in [4.69, 9.17) is 4.74 Å². The van der Waals surface area contributed by atoms with Gasteiger partial charge < -0.3 is 15.2 Å². The summed E-state index contributed by atoms with van der Waals surface area (Å²) in [5.74, 6) is -2.10. The highest BCUT2D eigenvalue weighted by molar-refractivity contribution is 7.99. The van der Waals surface area contributed by atoms with E-state index in [1.165, 1.54) is 0 Å². The highest BCUT2D eigenvalue weighted by Crippen LogP contribution is 2.41. The number of nitrogens with one attached hydrogen (secondary N) is 1. The minimum absolute atomic E-state index is 0.0946. The van der Waals surface area contributed by atoms with Crippen LogP contribution in [0.1, 0.15) is 43.2 Å². The number of aliphatic hydroxyl groups excluding tert-OH is 1. The van der Waals surface area contributed by atoms with E-state index >= 15 is 0 Å². The molecule has 9 heteroatoms. The lowest BCUT2D eigenvalue weighted by molar-refractivity contribution is -0.00829. The number of methoxy groups -OCH3 is 1. The minimum Gasteiger partial charge on any atom is -0.497 e. The number of hydrogen-bond donors (Lipinski definition) is 2. The van der Waals surface area contributed by atoms with Crippen LogP contribution in [0, 0.1) is 22.9 Å². The Balaban J connectivity index is 1.45. The van der Waals surface area contributed by atoms with Crippen molar-refractivity contribution >= 4 is 22.7 Å². The number of benzene rings is 2. The van der Waals surface area contributed by atoms with Gasteiger partial charge in [-0.15, -0.1) is 11.8 Å². The highest BCUT2D eigenvalue weighted by Gasteiger charge is 2.38. The molecular formula is C28H32F4N2O2S. The number of piperidine rings is 1. The van der Waals surface area contributed by atoms with Gasteiger partial charge in [-0.3, -0.25) is 4.98 Å². The number of aryl methyl sites for hydroxylation is 1. The fourth-order valence-electron chi connectivity index (χ4n) is 5.32. The monoisotopic (exact) mass is 536 g/mol. The number of alkyl halides is 1. The molecule has 37 heavy (non-hydrogen) atoms. The maximum absolute atomic E-state index is 14.0. The molecule has 1 fully saturated rings. The fraction of sp³-hybridized carbons (Fsp3) is 0.464. The molecule has 0 spiro atoms. The van der Waals surface area contributed by atoms with Crippen LogP contribution in [0.2, 0.25) is 0 Å². The molecule has 0 aliphatic carbocycles. The van der Waals surface area contributed by atoms with Crippen LogP contribution >= 0.6 is 11.8 Å². The second-order valence-electron chi connectivity index (χ2n) is 9.60. The minimum atomic E-state index is -1.22. The molecule has 2 aromatic carbocycles. The van der Waals surface area contributed by atoms with Crippen molar-refractivity contribution in [2.24, 2.45) is 5.41 Å². The standard InChI is InChI=1S/C28H32F4N2O2S/c1-36-20-4-5-24-22(15-20)21(18(16-29)17-34-24)3-2-7-28(8-10-33-11-9-28)26(35)6-12-37-25-14-19(30)13-23(31)27(25)32/h4-5,13-15,17,26,33,35H,2-3,6-12,16H2,1H3. The molecule has 1 unspecified atom stereocenters. The molecule has 3 aromatic rings. The number of ether oxygens (including phenoxy) is 1. The van der Waals surface area contributed by atoms with Crippen molar-refractivity contribution in [3.05, 3.63) is 65.1 Å². The van der Waals surface area contributed by atoms with Crippen molar-refractivity contribution in [3.63, 3.8) is 0 Å². The van der Waals surface area contributed by atoms with Crippen LogP contribution in [0.4, 0.5) is 17.6 Å². The topological polar surface area (TPSA) is 54.4 Å². The van der Waals surface area contributed by atoms with Gasteiger partial charge in [-0.2, -0.15) is 0 Å². The second-order valence-corrected chi connectivity index (χ2v) is 10.7. The van der Waals surface area contributed by atoms with Gasteiger partial charge in [-0.1, -0.05) is 0 Å². The van der Waals surface area contributed by atoms with E-state index in [9.17, 15) is 22.7 Å². The zero-order chi connectivity index (χ0) is 26.4. The van der Waals surface area contributed by atoms with Gasteiger partial charge in [0.05, 0.1) is 18.7 Å². The van der Waals surface area contributed by atoms with E-state index in [1.54, 1.807) is 13.3 Å². The third-order valence-electron chi connectivity index (χ3n) is 7.44. The van der Waals surface area contributed by atoms with Crippen LogP contribution in [-0.2, 0) is 13.1 Å². The van der Waals surface area contributed by atoms with E-state index in [0.717, 1.165) is 73.1 Å². The fourth-order valence-corrected chi connectivity index (χ4v) is 6.30. The molecule has 1 saturated heterocycles. The van der Waals surface area contributed by atoms with E-state index in [2.05, 4.69) is 10.3 Å². The largest absolute Gasteiger partial charge is 0.497 e. The third-order valence-corrected chi connectivity index (χ3v) is 8.48. The van der Waals surface area contributed by atoms with Crippen molar-refractivity contribution < 1.29 is 27.4 Å². The van der Waals surface area contributed by atoms with Crippen molar-refractivity contribution in [3.8, 4) is 5.75 Å². The van der Waals surface area contributed by atoms with Crippen LogP contribution < -0.4 is 10.1 Å². The van der Waals surface area contributed by atoms with Crippen LogP contribution in [0.3, 0.4) is 0 Å². The number of thioether (sulfide) groups is 1. The third kappa shape index (κ3) is 6.38. The molecule has 0 saturated carbocycles. The highest BCUT2D eigenvalue weighted by atomic mass is 32.2. The maximum Gasteiger partial charge on any atom is 0.172 e. The summed E-state index contributed by atoms with van der Waals surface area (Å²) in [6.45, 7) is 0.944. The molecule has 4 nitrogen and oxygen atoms in total.